The van der Waals surface area contributed by atoms with Crippen LogP contribution in [0.25, 0.3) is 0 Å². The first kappa shape index (κ1) is 14.0. The topological polar surface area (TPSA) is 26.0 Å². The van der Waals surface area contributed by atoms with Gasteiger partial charge >= 0.3 is 0 Å². The first-order valence-electron chi connectivity index (χ1n) is 6.19. The smallest absolute Gasteiger partial charge is 0.142 e. The van der Waals surface area contributed by atoms with Gasteiger partial charge in [-0.15, -0.1) is 0 Å². The van der Waals surface area contributed by atoms with E-state index in [9.17, 15) is 4.39 Å². The second-order valence-electron chi connectivity index (χ2n) is 4.91. The highest BCUT2D eigenvalue weighted by atomic mass is 35.5. The molecule has 100 valence electrons. The van der Waals surface area contributed by atoms with Crippen molar-refractivity contribution < 1.29 is 4.39 Å². The Morgan fingerprint density at radius 1 is 1.00 bits per heavy atom. The number of hydrogen-bond acceptors (Lipinski definition) is 1. The van der Waals surface area contributed by atoms with Crippen molar-refractivity contribution in [1.82, 2.24) is 0 Å². The van der Waals surface area contributed by atoms with Gasteiger partial charge in [0.05, 0.1) is 11.1 Å². The molecule has 2 N–H and O–H groups in total. The molecule has 0 fully saturated rings. The number of rotatable bonds is 2. The highest BCUT2D eigenvalue weighted by molar-refractivity contribution is 6.31. The fourth-order valence-electron chi connectivity index (χ4n) is 2.25. The summed E-state index contributed by atoms with van der Waals surface area (Å²) in [5.41, 5.74) is 11.3. The second-order valence-corrected chi connectivity index (χ2v) is 5.29. The molecule has 0 aliphatic heterocycles. The summed E-state index contributed by atoms with van der Waals surface area (Å²) in [5.74, 6) is -0.434. The van der Waals surface area contributed by atoms with Crippen LogP contribution >= 0.6 is 11.6 Å². The van der Waals surface area contributed by atoms with E-state index in [4.69, 9.17) is 17.3 Å². The van der Waals surface area contributed by atoms with Gasteiger partial charge in [0, 0.05) is 0 Å². The van der Waals surface area contributed by atoms with E-state index in [2.05, 4.69) is 19.1 Å². The lowest BCUT2D eigenvalue weighted by molar-refractivity contribution is 0.624. The second kappa shape index (κ2) is 5.32. The summed E-state index contributed by atoms with van der Waals surface area (Å²) in [7, 11) is 0. The third-order valence-corrected chi connectivity index (χ3v) is 3.93. The van der Waals surface area contributed by atoms with Gasteiger partial charge < -0.3 is 5.73 Å². The quantitative estimate of drug-likeness (QED) is 0.862. The lowest BCUT2D eigenvalue weighted by Crippen LogP contribution is -2.14. The largest absolute Gasteiger partial charge is 0.320 e. The lowest BCUT2D eigenvalue weighted by Gasteiger charge is -2.18. The molecule has 2 rings (SSSR count). The van der Waals surface area contributed by atoms with Crippen molar-refractivity contribution in [2.45, 2.75) is 26.8 Å². The Kier molecular flexibility index (Phi) is 3.93. The zero-order chi connectivity index (χ0) is 14.2. The third-order valence-electron chi connectivity index (χ3n) is 3.53. The van der Waals surface area contributed by atoms with Crippen molar-refractivity contribution >= 4 is 11.6 Å². The zero-order valence-electron chi connectivity index (χ0n) is 11.3. The van der Waals surface area contributed by atoms with Crippen LogP contribution in [0.15, 0.2) is 30.3 Å². The molecular formula is C16H17ClFN. The molecule has 19 heavy (non-hydrogen) atoms. The van der Waals surface area contributed by atoms with Gasteiger partial charge in [0.25, 0.3) is 0 Å². The first-order chi connectivity index (χ1) is 8.91. The molecule has 0 heterocycles. The average Bonchev–Trinajstić information content (AvgIpc) is 2.36. The van der Waals surface area contributed by atoms with Gasteiger partial charge in [0.1, 0.15) is 5.82 Å². The number of hydrogen-bond donors (Lipinski definition) is 1. The van der Waals surface area contributed by atoms with E-state index in [0.29, 0.717) is 5.56 Å². The molecular weight excluding hydrogens is 261 g/mol. The molecule has 1 unspecified atom stereocenters. The zero-order valence-corrected chi connectivity index (χ0v) is 12.1. The van der Waals surface area contributed by atoms with Crippen LogP contribution in [0.5, 0.6) is 0 Å². The maximum absolute atomic E-state index is 13.5. The summed E-state index contributed by atoms with van der Waals surface area (Å²) in [5, 5.41) is 0.104. The molecule has 3 heteroatoms. The summed E-state index contributed by atoms with van der Waals surface area (Å²) in [6.07, 6.45) is 0. The van der Waals surface area contributed by atoms with Gasteiger partial charge in [-0.2, -0.15) is 0 Å². The number of benzene rings is 2. The van der Waals surface area contributed by atoms with Gasteiger partial charge in [-0.3, -0.25) is 0 Å². The van der Waals surface area contributed by atoms with Crippen LogP contribution in [0.4, 0.5) is 4.39 Å². The normalized spacial score (nSPS) is 12.5. The van der Waals surface area contributed by atoms with Crippen LogP contribution in [0.3, 0.4) is 0 Å². The number of nitrogens with two attached hydrogens (primary N) is 1. The molecule has 0 saturated carbocycles. The van der Waals surface area contributed by atoms with E-state index >= 15 is 0 Å². The van der Waals surface area contributed by atoms with Gasteiger partial charge in [-0.05, 0) is 54.7 Å². The maximum atomic E-state index is 13.5. The maximum Gasteiger partial charge on any atom is 0.142 e. The molecule has 0 aromatic heterocycles. The molecule has 0 saturated heterocycles. The van der Waals surface area contributed by atoms with E-state index in [1.807, 2.05) is 13.8 Å². The predicted octanol–water partition coefficient (Wildman–Crippen LogP) is 4.45. The Bertz CT molecular complexity index is 622. The molecule has 0 radical (unpaired) electrons. The summed E-state index contributed by atoms with van der Waals surface area (Å²) < 4.78 is 13.5. The molecule has 1 nitrogen and oxygen atoms in total. The standard InChI is InChI=1S/C16H17ClFN/c1-9-7-11(3)13(8-10(9)2)16(19)12-5-4-6-14(18)15(12)17/h4-8,16H,19H2,1-3H3. The van der Waals surface area contributed by atoms with Crippen molar-refractivity contribution in [1.29, 1.82) is 0 Å². The average molecular weight is 278 g/mol. The van der Waals surface area contributed by atoms with Crippen LogP contribution in [0.1, 0.15) is 33.9 Å². The van der Waals surface area contributed by atoms with E-state index in [1.165, 1.54) is 17.2 Å². The number of halogens is 2. The van der Waals surface area contributed by atoms with Crippen molar-refractivity contribution in [3.05, 3.63) is 69.0 Å². The molecule has 1 atom stereocenters. The van der Waals surface area contributed by atoms with Crippen molar-refractivity contribution in [2.75, 3.05) is 0 Å². The molecule has 0 bridgehead atoms. The Hall–Kier alpha value is -1.38. The van der Waals surface area contributed by atoms with E-state index in [1.54, 1.807) is 12.1 Å². The van der Waals surface area contributed by atoms with Crippen LogP contribution in [-0.2, 0) is 0 Å². The highest BCUT2D eigenvalue weighted by Gasteiger charge is 2.17. The predicted molar refractivity (Wildman–Crippen MR) is 78.1 cm³/mol. The minimum Gasteiger partial charge on any atom is -0.320 e. The van der Waals surface area contributed by atoms with Crippen molar-refractivity contribution in [3.63, 3.8) is 0 Å². The first-order valence-corrected chi connectivity index (χ1v) is 6.57. The van der Waals surface area contributed by atoms with Gasteiger partial charge in [-0.1, -0.05) is 35.9 Å². The summed E-state index contributed by atoms with van der Waals surface area (Å²) >= 11 is 6.01. The van der Waals surface area contributed by atoms with Crippen molar-refractivity contribution in [2.24, 2.45) is 5.73 Å². The minimum absolute atomic E-state index is 0.104. The Balaban J connectivity index is 2.53. The SMILES string of the molecule is Cc1cc(C)c(C(N)c2cccc(F)c2Cl)cc1C. The van der Waals surface area contributed by atoms with E-state index in [0.717, 1.165) is 11.1 Å². The monoisotopic (exact) mass is 277 g/mol. The number of aryl methyl sites for hydroxylation is 3. The molecule has 0 aliphatic carbocycles. The fraction of sp³-hybridized carbons (Fsp3) is 0.250. The van der Waals surface area contributed by atoms with Crippen LogP contribution in [0, 0.1) is 26.6 Å². The summed E-state index contributed by atoms with van der Waals surface area (Å²) in [4.78, 5) is 0. The molecule has 0 spiro atoms. The van der Waals surface area contributed by atoms with Crippen molar-refractivity contribution in [3.8, 4) is 0 Å². The highest BCUT2D eigenvalue weighted by Crippen LogP contribution is 2.31. The fourth-order valence-corrected chi connectivity index (χ4v) is 2.49. The van der Waals surface area contributed by atoms with Gasteiger partial charge in [0.15, 0.2) is 0 Å². The lowest BCUT2D eigenvalue weighted by atomic mass is 9.92. The van der Waals surface area contributed by atoms with Crippen LogP contribution in [-0.4, -0.2) is 0 Å². The molecule has 2 aromatic carbocycles. The van der Waals surface area contributed by atoms with Crippen LogP contribution in [0.2, 0.25) is 5.02 Å². The van der Waals surface area contributed by atoms with Gasteiger partial charge in [-0.25, -0.2) is 4.39 Å². The van der Waals surface area contributed by atoms with Gasteiger partial charge in [0.2, 0.25) is 0 Å². The minimum atomic E-state index is -0.434. The van der Waals surface area contributed by atoms with E-state index in [-0.39, 0.29) is 5.02 Å². The molecule has 2 aromatic rings. The summed E-state index contributed by atoms with van der Waals surface area (Å²) in [6.45, 7) is 6.11. The van der Waals surface area contributed by atoms with E-state index < -0.39 is 11.9 Å². The molecule has 0 aliphatic rings. The Morgan fingerprint density at radius 2 is 1.63 bits per heavy atom. The third kappa shape index (κ3) is 2.65. The Labute approximate surface area is 118 Å². The summed E-state index contributed by atoms with van der Waals surface area (Å²) in [6, 6.07) is 8.47. The Morgan fingerprint density at radius 3 is 2.32 bits per heavy atom. The molecule has 0 amide bonds. The van der Waals surface area contributed by atoms with Crippen LogP contribution < -0.4 is 5.73 Å².